The molecule has 0 atom stereocenters. The first-order valence-corrected chi connectivity index (χ1v) is 6.15. The van der Waals surface area contributed by atoms with Crippen LogP contribution in [0, 0.1) is 10.1 Å². The summed E-state index contributed by atoms with van der Waals surface area (Å²) in [6, 6.07) is 3.77. The van der Waals surface area contributed by atoms with Crippen molar-refractivity contribution in [3.8, 4) is 0 Å². The second-order valence-corrected chi connectivity index (χ2v) is 4.65. The lowest BCUT2D eigenvalue weighted by atomic mass is 10.1. The number of carbonyl (C=O) groups excluding carboxylic acids is 1. The molecule has 0 radical (unpaired) electrons. The molecule has 0 aliphatic heterocycles. The maximum absolute atomic E-state index is 11.9. The number of anilines is 1. The van der Waals surface area contributed by atoms with Crippen LogP contribution in [0.25, 0.3) is 0 Å². The van der Waals surface area contributed by atoms with Crippen molar-refractivity contribution in [2.24, 2.45) is 0 Å². The molecule has 0 saturated carbocycles. The minimum Gasteiger partial charge on any atom is -0.398 e. The van der Waals surface area contributed by atoms with Gasteiger partial charge in [0.25, 0.3) is 11.6 Å². The summed E-state index contributed by atoms with van der Waals surface area (Å²) in [6.07, 6.45) is 1.64. The van der Waals surface area contributed by atoms with E-state index in [0.29, 0.717) is 6.54 Å². The van der Waals surface area contributed by atoms with Crippen LogP contribution in [-0.2, 0) is 6.54 Å². The van der Waals surface area contributed by atoms with Gasteiger partial charge in [-0.15, -0.1) is 11.3 Å². The average molecular weight is 278 g/mol. The molecule has 0 fully saturated rings. The van der Waals surface area contributed by atoms with E-state index in [1.54, 1.807) is 11.7 Å². The van der Waals surface area contributed by atoms with Crippen molar-refractivity contribution in [3.63, 3.8) is 0 Å². The number of thiazole rings is 1. The fourth-order valence-corrected chi connectivity index (χ4v) is 1.98. The largest absolute Gasteiger partial charge is 0.398 e. The molecule has 1 aromatic carbocycles. The zero-order valence-corrected chi connectivity index (χ0v) is 10.5. The molecule has 0 aliphatic rings. The number of nitrogens with zero attached hydrogens (tertiary/aromatic N) is 2. The molecule has 0 bridgehead atoms. The summed E-state index contributed by atoms with van der Waals surface area (Å²) in [6.45, 7) is 0.311. The van der Waals surface area contributed by atoms with Crippen molar-refractivity contribution in [2.45, 2.75) is 6.54 Å². The van der Waals surface area contributed by atoms with Gasteiger partial charge in [-0.2, -0.15) is 0 Å². The zero-order valence-electron chi connectivity index (χ0n) is 9.70. The van der Waals surface area contributed by atoms with Gasteiger partial charge in [-0.05, 0) is 6.07 Å². The second kappa shape index (κ2) is 5.44. The number of nitrogens with two attached hydrogens (primary N) is 1. The van der Waals surface area contributed by atoms with E-state index in [1.165, 1.54) is 23.5 Å². The summed E-state index contributed by atoms with van der Waals surface area (Å²) in [5.74, 6) is -0.449. The van der Waals surface area contributed by atoms with E-state index in [2.05, 4.69) is 10.3 Å². The van der Waals surface area contributed by atoms with E-state index in [-0.39, 0.29) is 16.9 Å². The van der Waals surface area contributed by atoms with Crippen molar-refractivity contribution < 1.29 is 9.72 Å². The molecule has 0 aliphatic carbocycles. The van der Waals surface area contributed by atoms with Gasteiger partial charge in [-0.3, -0.25) is 19.9 Å². The summed E-state index contributed by atoms with van der Waals surface area (Å²) in [5, 5.41) is 13.3. The number of nitro benzene ring substituents is 1. The number of benzene rings is 1. The molecule has 7 nitrogen and oxygen atoms in total. The number of rotatable bonds is 4. The first-order chi connectivity index (χ1) is 9.08. The Hall–Kier alpha value is -2.48. The molecule has 1 amide bonds. The van der Waals surface area contributed by atoms with Gasteiger partial charge in [-0.1, -0.05) is 0 Å². The normalized spacial score (nSPS) is 10.1. The third kappa shape index (κ3) is 3.05. The van der Waals surface area contributed by atoms with Crippen molar-refractivity contribution in [1.29, 1.82) is 0 Å². The lowest BCUT2D eigenvalue weighted by molar-refractivity contribution is -0.384. The van der Waals surface area contributed by atoms with Crippen molar-refractivity contribution in [3.05, 3.63) is 50.5 Å². The Labute approximate surface area is 112 Å². The fraction of sp³-hybridized carbons (Fsp3) is 0.0909. The van der Waals surface area contributed by atoms with Gasteiger partial charge in [0, 0.05) is 28.9 Å². The van der Waals surface area contributed by atoms with E-state index >= 15 is 0 Å². The summed E-state index contributed by atoms with van der Waals surface area (Å²) < 4.78 is 0. The predicted octanol–water partition coefficient (Wildman–Crippen LogP) is 1.56. The van der Waals surface area contributed by atoms with Crippen molar-refractivity contribution in [2.75, 3.05) is 5.73 Å². The number of hydrogen-bond acceptors (Lipinski definition) is 6. The molecule has 0 saturated heterocycles. The smallest absolute Gasteiger partial charge is 0.270 e. The van der Waals surface area contributed by atoms with Gasteiger partial charge >= 0.3 is 0 Å². The molecule has 2 aromatic rings. The van der Waals surface area contributed by atoms with Crippen LogP contribution in [0.2, 0.25) is 0 Å². The summed E-state index contributed by atoms with van der Waals surface area (Å²) >= 11 is 1.41. The molecule has 1 aromatic heterocycles. The number of amides is 1. The Morgan fingerprint density at radius 3 is 2.95 bits per heavy atom. The summed E-state index contributed by atoms with van der Waals surface area (Å²) in [4.78, 5) is 26.8. The van der Waals surface area contributed by atoms with E-state index in [4.69, 9.17) is 5.73 Å². The van der Waals surface area contributed by atoms with E-state index in [9.17, 15) is 14.9 Å². The van der Waals surface area contributed by atoms with Gasteiger partial charge in [-0.25, -0.2) is 0 Å². The number of nitrogen functional groups attached to an aromatic ring is 1. The van der Waals surface area contributed by atoms with Crippen molar-refractivity contribution in [1.82, 2.24) is 10.3 Å². The van der Waals surface area contributed by atoms with Crippen LogP contribution >= 0.6 is 11.3 Å². The lowest BCUT2D eigenvalue weighted by Gasteiger charge is -2.06. The molecule has 3 N–H and O–H groups in total. The van der Waals surface area contributed by atoms with E-state index in [1.807, 2.05) is 0 Å². The van der Waals surface area contributed by atoms with Crippen molar-refractivity contribution >= 4 is 28.6 Å². The third-order valence-corrected chi connectivity index (χ3v) is 3.18. The SMILES string of the molecule is Nc1ccc([N+](=O)[O-])cc1C(=O)NCc1cncs1. The minimum atomic E-state index is -0.570. The molecule has 2 rings (SSSR count). The van der Waals surface area contributed by atoms with Crippen LogP contribution in [-0.4, -0.2) is 15.8 Å². The molecular weight excluding hydrogens is 268 g/mol. The summed E-state index contributed by atoms with van der Waals surface area (Å²) in [7, 11) is 0. The molecule has 19 heavy (non-hydrogen) atoms. The highest BCUT2D eigenvalue weighted by Gasteiger charge is 2.15. The first kappa shape index (κ1) is 13.0. The minimum absolute atomic E-state index is 0.0960. The van der Waals surface area contributed by atoms with Gasteiger partial charge in [0.1, 0.15) is 0 Å². The Kier molecular flexibility index (Phi) is 3.71. The number of carbonyl (C=O) groups is 1. The highest BCUT2D eigenvalue weighted by atomic mass is 32.1. The quantitative estimate of drug-likeness (QED) is 0.501. The number of non-ortho nitro benzene ring substituents is 1. The number of hydrogen-bond donors (Lipinski definition) is 2. The van der Waals surface area contributed by atoms with Crippen LogP contribution in [0.5, 0.6) is 0 Å². The van der Waals surface area contributed by atoms with E-state index < -0.39 is 10.8 Å². The highest BCUT2D eigenvalue weighted by Crippen LogP contribution is 2.19. The highest BCUT2D eigenvalue weighted by molar-refractivity contribution is 7.09. The number of nitro groups is 1. The summed E-state index contributed by atoms with van der Waals surface area (Å²) in [5.41, 5.74) is 7.43. The molecule has 8 heteroatoms. The average Bonchev–Trinajstić information content (AvgIpc) is 2.89. The monoisotopic (exact) mass is 278 g/mol. The maximum atomic E-state index is 11.9. The number of aromatic nitrogens is 1. The molecule has 0 spiro atoms. The van der Waals surface area contributed by atoms with Gasteiger partial charge < -0.3 is 11.1 Å². The molecule has 1 heterocycles. The standard InChI is InChI=1S/C11H10N4O3S/c12-10-2-1-7(15(17)18)3-9(10)11(16)14-5-8-4-13-6-19-8/h1-4,6H,5,12H2,(H,14,16). The zero-order chi connectivity index (χ0) is 13.8. The van der Waals surface area contributed by atoms with Gasteiger partial charge in [0.15, 0.2) is 0 Å². The van der Waals surface area contributed by atoms with Gasteiger partial charge in [0.2, 0.25) is 0 Å². The number of nitrogens with one attached hydrogen (secondary N) is 1. The predicted molar refractivity (Wildman–Crippen MR) is 70.8 cm³/mol. The Morgan fingerprint density at radius 2 is 2.32 bits per heavy atom. The second-order valence-electron chi connectivity index (χ2n) is 3.68. The van der Waals surface area contributed by atoms with Crippen LogP contribution in [0.3, 0.4) is 0 Å². The van der Waals surface area contributed by atoms with Crippen LogP contribution in [0.1, 0.15) is 15.2 Å². The maximum Gasteiger partial charge on any atom is 0.270 e. The van der Waals surface area contributed by atoms with Crippen LogP contribution in [0.4, 0.5) is 11.4 Å². The lowest BCUT2D eigenvalue weighted by Crippen LogP contribution is -2.23. The van der Waals surface area contributed by atoms with E-state index in [0.717, 1.165) is 10.9 Å². The van der Waals surface area contributed by atoms with Crippen LogP contribution < -0.4 is 11.1 Å². The van der Waals surface area contributed by atoms with Gasteiger partial charge in [0.05, 0.1) is 22.5 Å². The molecule has 98 valence electrons. The molecular formula is C11H10N4O3S. The Morgan fingerprint density at radius 1 is 1.53 bits per heavy atom. The molecule has 0 unspecified atom stereocenters. The third-order valence-electron chi connectivity index (χ3n) is 2.40. The topological polar surface area (TPSA) is 111 Å². The van der Waals surface area contributed by atoms with Crippen LogP contribution in [0.15, 0.2) is 29.9 Å². The first-order valence-electron chi connectivity index (χ1n) is 5.27. The Bertz CT molecular complexity index is 612. The Balaban J connectivity index is 2.14. The fourth-order valence-electron chi connectivity index (χ4n) is 1.45.